The predicted octanol–water partition coefficient (Wildman–Crippen LogP) is 3.21. The van der Waals surface area contributed by atoms with E-state index in [1.807, 2.05) is 23.6 Å². The summed E-state index contributed by atoms with van der Waals surface area (Å²) in [5.74, 6) is 1.33. The van der Waals surface area contributed by atoms with Gasteiger partial charge in [0.1, 0.15) is 5.65 Å². The molecule has 1 saturated heterocycles. The van der Waals surface area contributed by atoms with Crippen LogP contribution >= 0.6 is 0 Å². The topological polar surface area (TPSA) is 92.2 Å². The number of hydrogen-bond donors (Lipinski definition) is 2. The van der Waals surface area contributed by atoms with Crippen LogP contribution in [0.1, 0.15) is 42.6 Å². The molecule has 4 aliphatic rings. The molecule has 176 valence electrons. The van der Waals surface area contributed by atoms with E-state index >= 15 is 0 Å². The average Bonchev–Trinajstić information content (AvgIpc) is 2.81. The van der Waals surface area contributed by atoms with Crippen LogP contribution in [0, 0.1) is 18.8 Å². The number of carbonyl (C=O) groups excluding carboxylic acids is 1. The van der Waals surface area contributed by atoms with Crippen molar-refractivity contribution >= 4 is 34.1 Å². The van der Waals surface area contributed by atoms with Crippen LogP contribution < -0.4 is 21.1 Å². The van der Waals surface area contributed by atoms with Gasteiger partial charge in [-0.05, 0) is 68.4 Å². The summed E-state index contributed by atoms with van der Waals surface area (Å²) in [7, 11) is 0. The molecule has 2 aromatic heterocycles. The van der Waals surface area contributed by atoms with Gasteiger partial charge in [0.15, 0.2) is 5.78 Å². The number of hydrogen-bond acceptors (Lipinski definition) is 7. The molecule has 0 spiro atoms. The summed E-state index contributed by atoms with van der Waals surface area (Å²) in [5, 5.41) is 7.45. The van der Waals surface area contributed by atoms with Crippen molar-refractivity contribution in [3.05, 3.63) is 51.9 Å². The quantitative estimate of drug-likeness (QED) is 0.567. The Morgan fingerprint density at radius 1 is 1.18 bits per heavy atom. The molecule has 1 atom stereocenters. The van der Waals surface area contributed by atoms with E-state index in [1.54, 1.807) is 6.20 Å². The monoisotopic (exact) mass is 458 g/mol. The second kappa shape index (κ2) is 7.63. The number of rotatable bonds is 5. The molecule has 8 nitrogen and oxygen atoms in total. The Morgan fingerprint density at radius 3 is 2.47 bits per heavy atom. The number of nitrogens with one attached hydrogen (secondary N) is 2. The first-order valence-corrected chi connectivity index (χ1v) is 12.2. The Hall–Kier alpha value is -3.26. The average molecular weight is 459 g/mol. The molecule has 3 aliphatic carbocycles. The van der Waals surface area contributed by atoms with Crippen LogP contribution in [0.15, 0.2) is 35.3 Å². The van der Waals surface area contributed by atoms with Crippen LogP contribution in [0.25, 0.3) is 11.0 Å². The Bertz CT molecular complexity index is 1350. The Kier molecular flexibility index (Phi) is 4.78. The van der Waals surface area contributed by atoms with Crippen LogP contribution in [0.5, 0.6) is 0 Å². The van der Waals surface area contributed by atoms with Gasteiger partial charge >= 0.3 is 0 Å². The summed E-state index contributed by atoms with van der Waals surface area (Å²) in [5.41, 5.74) is 3.19. The van der Waals surface area contributed by atoms with Crippen molar-refractivity contribution in [1.29, 1.82) is 0 Å². The Balaban J connectivity index is 1.39. The maximum absolute atomic E-state index is 13.6. The van der Waals surface area contributed by atoms with Gasteiger partial charge in [0, 0.05) is 49.1 Å². The third kappa shape index (κ3) is 3.01. The van der Waals surface area contributed by atoms with Gasteiger partial charge in [-0.1, -0.05) is 6.92 Å². The van der Waals surface area contributed by atoms with Gasteiger partial charge < -0.3 is 15.5 Å². The minimum Gasteiger partial charge on any atom is -0.369 e. The summed E-state index contributed by atoms with van der Waals surface area (Å²) >= 11 is 0. The lowest BCUT2D eigenvalue weighted by atomic mass is 9.42. The van der Waals surface area contributed by atoms with Gasteiger partial charge in [0.2, 0.25) is 5.95 Å². The van der Waals surface area contributed by atoms with Gasteiger partial charge in [0.05, 0.1) is 11.1 Å². The Morgan fingerprint density at radius 2 is 1.88 bits per heavy atom. The smallest absolute Gasteiger partial charge is 0.263 e. The molecule has 2 bridgehead atoms. The first kappa shape index (κ1) is 21.3. The third-order valence-electron chi connectivity index (χ3n) is 8.37. The number of carbonyl (C=O) groups is 1. The molecule has 1 aliphatic heterocycles. The number of nitrogens with zero attached hydrogens (tertiary/aromatic N) is 4. The van der Waals surface area contributed by atoms with E-state index in [9.17, 15) is 9.59 Å². The van der Waals surface area contributed by atoms with Gasteiger partial charge in [-0.2, -0.15) is 4.98 Å². The first-order chi connectivity index (χ1) is 16.4. The normalized spacial score (nSPS) is 25.6. The second-order valence-corrected chi connectivity index (χ2v) is 10.1. The molecule has 1 aromatic carbocycles. The highest BCUT2D eigenvalue weighted by Gasteiger charge is 2.65. The maximum atomic E-state index is 13.6. The second-order valence-electron chi connectivity index (χ2n) is 10.1. The number of aromatic nitrogens is 3. The lowest BCUT2D eigenvalue weighted by Gasteiger charge is -2.68. The van der Waals surface area contributed by atoms with E-state index in [4.69, 9.17) is 4.98 Å². The van der Waals surface area contributed by atoms with Crippen molar-refractivity contribution in [1.82, 2.24) is 19.9 Å². The van der Waals surface area contributed by atoms with Crippen molar-refractivity contribution in [3.8, 4) is 0 Å². The molecule has 3 heterocycles. The molecular weight excluding hydrogens is 428 g/mol. The molecule has 0 amide bonds. The fourth-order valence-electron chi connectivity index (χ4n) is 6.08. The van der Waals surface area contributed by atoms with Crippen molar-refractivity contribution < 1.29 is 4.79 Å². The number of benzene rings is 1. The SMILES string of the molecule is CC(=O)c1c(C)c2cnc(Nc3ccc(N4CCNCC4)cc3)nc2n(C23CC(C2)[C@H]3C)c1=O. The summed E-state index contributed by atoms with van der Waals surface area (Å²) in [4.78, 5) is 37.7. The zero-order chi connectivity index (χ0) is 23.6. The molecule has 8 heteroatoms. The molecule has 0 unspecified atom stereocenters. The highest BCUT2D eigenvalue weighted by molar-refractivity contribution is 5.99. The Labute approximate surface area is 198 Å². The van der Waals surface area contributed by atoms with Gasteiger partial charge in [0.25, 0.3) is 5.56 Å². The molecule has 3 aromatic rings. The van der Waals surface area contributed by atoms with E-state index in [0.717, 1.165) is 50.1 Å². The lowest BCUT2D eigenvalue weighted by Crippen LogP contribution is -2.69. The van der Waals surface area contributed by atoms with Gasteiger partial charge in [-0.3, -0.25) is 14.2 Å². The number of piperazine rings is 1. The molecular formula is C26H30N6O2. The standard InChI is InChI=1S/C26H30N6O2/c1-15-21-14-28-25(29-19-4-6-20(7-5-19)31-10-8-27-9-11-31)30-23(21)32(24(34)22(15)17(3)33)26-12-18(13-26)16(26)2/h4-7,14,16,18,27H,8-13H2,1-3H3,(H,28,29,30)/t16-,18?,26?/m1/s1. The predicted molar refractivity (Wildman–Crippen MR) is 133 cm³/mol. The maximum Gasteiger partial charge on any atom is 0.263 e. The summed E-state index contributed by atoms with van der Waals surface area (Å²) in [6.07, 6.45) is 3.70. The molecule has 7 rings (SSSR count). The van der Waals surface area contributed by atoms with Crippen LogP contribution in [-0.4, -0.2) is 46.5 Å². The first-order valence-electron chi connectivity index (χ1n) is 12.2. The van der Waals surface area contributed by atoms with Crippen molar-refractivity contribution in [3.63, 3.8) is 0 Å². The number of aryl methyl sites for hydroxylation is 1. The van der Waals surface area contributed by atoms with Crippen molar-refractivity contribution in [2.75, 3.05) is 36.4 Å². The van der Waals surface area contributed by atoms with Crippen LogP contribution in [0.3, 0.4) is 0 Å². The van der Waals surface area contributed by atoms with Gasteiger partial charge in [-0.15, -0.1) is 0 Å². The number of Topliss-reactive ketones (excluding diaryl/α,β-unsaturated/α-hetero) is 1. The van der Waals surface area contributed by atoms with Crippen LogP contribution in [0.4, 0.5) is 17.3 Å². The van der Waals surface area contributed by atoms with E-state index < -0.39 is 0 Å². The van der Waals surface area contributed by atoms with Crippen LogP contribution in [-0.2, 0) is 5.54 Å². The summed E-state index contributed by atoms with van der Waals surface area (Å²) in [6.45, 7) is 9.48. The van der Waals surface area contributed by atoms with E-state index in [2.05, 4.69) is 39.6 Å². The highest BCUT2D eigenvalue weighted by atomic mass is 16.1. The zero-order valence-electron chi connectivity index (χ0n) is 19.9. The fourth-order valence-corrected chi connectivity index (χ4v) is 6.08. The minimum absolute atomic E-state index is 0.204. The molecule has 34 heavy (non-hydrogen) atoms. The molecule has 0 radical (unpaired) electrons. The van der Waals surface area contributed by atoms with E-state index in [0.29, 0.717) is 29.0 Å². The summed E-state index contributed by atoms with van der Waals surface area (Å²) in [6, 6.07) is 8.28. The summed E-state index contributed by atoms with van der Waals surface area (Å²) < 4.78 is 1.82. The molecule has 4 fully saturated rings. The number of ketones is 1. The molecule has 3 saturated carbocycles. The van der Waals surface area contributed by atoms with Gasteiger partial charge in [-0.25, -0.2) is 4.98 Å². The van der Waals surface area contributed by atoms with E-state index in [-0.39, 0.29) is 22.4 Å². The van der Waals surface area contributed by atoms with Crippen LogP contribution in [0.2, 0.25) is 0 Å². The van der Waals surface area contributed by atoms with E-state index in [1.165, 1.54) is 12.6 Å². The number of fused-ring (bicyclic) bond motifs is 1. The highest BCUT2D eigenvalue weighted by Crippen LogP contribution is 2.66. The minimum atomic E-state index is -0.228. The fraction of sp³-hybridized carbons (Fsp3) is 0.462. The number of pyridine rings is 1. The lowest BCUT2D eigenvalue weighted by molar-refractivity contribution is -0.162. The van der Waals surface area contributed by atoms with Crippen molar-refractivity contribution in [2.45, 2.75) is 39.2 Å². The number of anilines is 3. The molecule has 2 N–H and O–H groups in total. The van der Waals surface area contributed by atoms with Crippen molar-refractivity contribution in [2.24, 2.45) is 11.8 Å². The zero-order valence-corrected chi connectivity index (χ0v) is 19.9. The largest absolute Gasteiger partial charge is 0.369 e. The third-order valence-corrected chi connectivity index (χ3v) is 8.37.